The van der Waals surface area contributed by atoms with Gasteiger partial charge in [-0.25, -0.2) is 13.8 Å². The average Bonchev–Trinajstić information content (AvgIpc) is 2.61. The highest BCUT2D eigenvalue weighted by atomic mass is 32.1. The van der Waals surface area contributed by atoms with Crippen molar-refractivity contribution < 1.29 is 13.9 Å². The van der Waals surface area contributed by atoms with Crippen LogP contribution in [0, 0.1) is 0 Å². The van der Waals surface area contributed by atoms with Crippen molar-refractivity contribution in [2.24, 2.45) is 0 Å². The molecular weight excluding hydrogens is 234 g/mol. The number of halogens is 2. The molecule has 0 aliphatic carbocycles. The van der Waals surface area contributed by atoms with E-state index < -0.39 is 6.43 Å². The minimum Gasteiger partial charge on any atom is -0.391 e. The summed E-state index contributed by atoms with van der Waals surface area (Å²) in [6.07, 6.45) is -0.676. The van der Waals surface area contributed by atoms with Crippen molar-refractivity contribution >= 4 is 16.5 Å². The summed E-state index contributed by atoms with van der Waals surface area (Å²) < 4.78 is 24.4. The van der Waals surface area contributed by atoms with E-state index in [-0.39, 0.29) is 13.2 Å². The van der Waals surface area contributed by atoms with E-state index in [0.717, 1.165) is 23.4 Å². The van der Waals surface area contributed by atoms with E-state index in [9.17, 15) is 8.78 Å². The van der Waals surface area contributed by atoms with Crippen LogP contribution in [-0.4, -0.2) is 30.1 Å². The van der Waals surface area contributed by atoms with Gasteiger partial charge in [-0.3, -0.25) is 0 Å². The second kappa shape index (κ2) is 6.10. The van der Waals surface area contributed by atoms with Crippen LogP contribution in [0.1, 0.15) is 23.9 Å². The third-order valence-corrected chi connectivity index (χ3v) is 3.33. The van der Waals surface area contributed by atoms with Crippen LogP contribution in [0.4, 0.5) is 13.9 Å². The number of anilines is 1. The van der Waals surface area contributed by atoms with Crippen LogP contribution in [0.15, 0.2) is 0 Å². The first-order chi connectivity index (χ1) is 7.58. The van der Waals surface area contributed by atoms with Gasteiger partial charge in [-0.2, -0.15) is 0 Å². The molecule has 1 aromatic heterocycles. The second-order valence-corrected chi connectivity index (χ2v) is 4.61. The van der Waals surface area contributed by atoms with Crippen LogP contribution in [0.3, 0.4) is 0 Å². The zero-order valence-electron chi connectivity index (χ0n) is 9.41. The summed E-state index contributed by atoms with van der Waals surface area (Å²) in [4.78, 5) is 6.48. The Morgan fingerprint density at radius 1 is 1.50 bits per heavy atom. The fraction of sp³-hybridized carbons (Fsp3) is 0.700. The molecule has 1 N–H and O–H groups in total. The summed E-state index contributed by atoms with van der Waals surface area (Å²) >= 11 is 1.28. The number of rotatable bonds is 6. The molecule has 1 rings (SSSR count). The molecule has 0 fully saturated rings. The van der Waals surface area contributed by atoms with Gasteiger partial charge < -0.3 is 10.0 Å². The molecule has 6 heteroatoms. The van der Waals surface area contributed by atoms with E-state index in [1.54, 1.807) is 7.05 Å². The number of nitrogens with zero attached hydrogens (tertiary/aromatic N) is 2. The Morgan fingerprint density at radius 2 is 2.19 bits per heavy atom. The van der Waals surface area contributed by atoms with Crippen molar-refractivity contribution in [3.8, 4) is 0 Å². The molecule has 0 aromatic carbocycles. The molecule has 92 valence electrons. The summed E-state index contributed by atoms with van der Waals surface area (Å²) in [7, 11) is 1.59. The fourth-order valence-corrected chi connectivity index (χ4v) is 2.31. The van der Waals surface area contributed by atoms with E-state index in [2.05, 4.69) is 4.98 Å². The summed E-state index contributed by atoms with van der Waals surface area (Å²) in [5.41, 5.74) is 0.825. The molecule has 0 saturated heterocycles. The third kappa shape index (κ3) is 3.38. The zero-order valence-corrected chi connectivity index (χ0v) is 10.2. The van der Waals surface area contributed by atoms with Gasteiger partial charge in [0.2, 0.25) is 0 Å². The van der Waals surface area contributed by atoms with Crippen molar-refractivity contribution in [2.45, 2.75) is 32.8 Å². The SMILES string of the molecule is CCCc1nc(N(C)CC(F)F)sc1CO. The lowest BCUT2D eigenvalue weighted by Gasteiger charge is -2.14. The Kier molecular flexibility index (Phi) is 5.08. The summed E-state index contributed by atoms with van der Waals surface area (Å²) in [6.45, 7) is 1.61. The van der Waals surface area contributed by atoms with Crippen LogP contribution in [0.2, 0.25) is 0 Å². The van der Waals surface area contributed by atoms with Gasteiger partial charge in [0.1, 0.15) is 0 Å². The number of thiazole rings is 1. The molecule has 3 nitrogen and oxygen atoms in total. The zero-order chi connectivity index (χ0) is 12.1. The smallest absolute Gasteiger partial charge is 0.255 e. The lowest BCUT2D eigenvalue weighted by molar-refractivity contribution is 0.156. The van der Waals surface area contributed by atoms with E-state index in [0.29, 0.717) is 5.13 Å². The number of aliphatic hydroxyl groups excluding tert-OH is 1. The maximum absolute atomic E-state index is 12.2. The summed E-state index contributed by atoms with van der Waals surface area (Å²) in [5.74, 6) is 0. The van der Waals surface area contributed by atoms with Crippen LogP contribution >= 0.6 is 11.3 Å². The number of aryl methyl sites for hydroxylation is 1. The van der Waals surface area contributed by atoms with Gasteiger partial charge in [-0.15, -0.1) is 0 Å². The van der Waals surface area contributed by atoms with Gasteiger partial charge in [0, 0.05) is 7.05 Å². The number of aliphatic hydroxyl groups is 1. The molecule has 0 radical (unpaired) electrons. The lowest BCUT2D eigenvalue weighted by atomic mass is 10.2. The fourth-order valence-electron chi connectivity index (χ4n) is 1.37. The van der Waals surface area contributed by atoms with Crippen molar-refractivity contribution in [3.63, 3.8) is 0 Å². The molecule has 0 spiro atoms. The van der Waals surface area contributed by atoms with E-state index in [4.69, 9.17) is 5.11 Å². The highest BCUT2D eigenvalue weighted by molar-refractivity contribution is 7.15. The van der Waals surface area contributed by atoms with Gasteiger partial charge in [0.15, 0.2) is 5.13 Å². The van der Waals surface area contributed by atoms with Crippen LogP contribution in [-0.2, 0) is 13.0 Å². The molecule has 1 heterocycles. The first-order valence-electron chi connectivity index (χ1n) is 5.17. The van der Waals surface area contributed by atoms with Crippen LogP contribution < -0.4 is 4.90 Å². The monoisotopic (exact) mass is 250 g/mol. The van der Waals surface area contributed by atoms with Crippen molar-refractivity contribution in [1.29, 1.82) is 0 Å². The molecule has 0 bridgehead atoms. The number of hydrogen-bond acceptors (Lipinski definition) is 4. The predicted molar refractivity (Wildman–Crippen MR) is 61.3 cm³/mol. The number of hydrogen-bond donors (Lipinski definition) is 1. The molecule has 0 amide bonds. The van der Waals surface area contributed by atoms with Crippen LogP contribution in [0.5, 0.6) is 0 Å². The molecule has 1 aromatic rings. The Balaban J connectivity index is 2.80. The van der Waals surface area contributed by atoms with E-state index in [1.807, 2.05) is 6.92 Å². The van der Waals surface area contributed by atoms with E-state index >= 15 is 0 Å². The van der Waals surface area contributed by atoms with E-state index in [1.165, 1.54) is 16.2 Å². The quantitative estimate of drug-likeness (QED) is 0.841. The third-order valence-electron chi connectivity index (χ3n) is 2.14. The molecule has 0 atom stereocenters. The van der Waals surface area contributed by atoms with Gasteiger partial charge in [-0.1, -0.05) is 24.7 Å². The maximum Gasteiger partial charge on any atom is 0.255 e. The van der Waals surface area contributed by atoms with Crippen molar-refractivity contribution in [1.82, 2.24) is 4.98 Å². The van der Waals surface area contributed by atoms with Gasteiger partial charge in [-0.05, 0) is 6.42 Å². The standard InChI is InChI=1S/C10H16F2N2OS/c1-3-4-7-8(6-15)16-10(13-7)14(2)5-9(11)12/h9,15H,3-6H2,1-2H3. The second-order valence-electron chi connectivity index (χ2n) is 3.55. The summed E-state index contributed by atoms with van der Waals surface area (Å²) in [6, 6.07) is 0. The van der Waals surface area contributed by atoms with Crippen molar-refractivity contribution in [3.05, 3.63) is 10.6 Å². The minimum atomic E-state index is -2.37. The number of alkyl halides is 2. The molecular formula is C10H16F2N2OS. The lowest BCUT2D eigenvalue weighted by Crippen LogP contribution is -2.23. The molecule has 16 heavy (non-hydrogen) atoms. The topological polar surface area (TPSA) is 36.4 Å². The van der Waals surface area contributed by atoms with Gasteiger partial charge >= 0.3 is 0 Å². The predicted octanol–water partition coefficient (Wildman–Crippen LogP) is 2.29. The van der Waals surface area contributed by atoms with Crippen molar-refractivity contribution in [2.75, 3.05) is 18.5 Å². The largest absolute Gasteiger partial charge is 0.391 e. The molecule has 0 aliphatic heterocycles. The maximum atomic E-state index is 12.2. The molecule has 0 aliphatic rings. The normalized spacial score (nSPS) is 11.1. The Morgan fingerprint density at radius 3 is 2.69 bits per heavy atom. The summed E-state index contributed by atoms with van der Waals surface area (Å²) in [5, 5.41) is 9.67. The first kappa shape index (κ1) is 13.3. The molecule has 0 saturated carbocycles. The Labute approximate surface area is 97.7 Å². The van der Waals surface area contributed by atoms with Gasteiger partial charge in [0.05, 0.1) is 23.7 Å². The Bertz CT molecular complexity index is 331. The molecule has 0 unspecified atom stereocenters. The van der Waals surface area contributed by atoms with Gasteiger partial charge in [0.25, 0.3) is 6.43 Å². The average molecular weight is 250 g/mol. The number of aromatic nitrogens is 1. The first-order valence-corrected chi connectivity index (χ1v) is 5.98. The highest BCUT2D eigenvalue weighted by Crippen LogP contribution is 2.26. The van der Waals surface area contributed by atoms with Crippen LogP contribution in [0.25, 0.3) is 0 Å². The minimum absolute atomic E-state index is 0.0739. The Hall–Kier alpha value is -0.750. The highest BCUT2D eigenvalue weighted by Gasteiger charge is 2.15.